The first-order valence-electron chi connectivity index (χ1n) is 6.76. The Bertz CT molecular complexity index is 189. The van der Waals surface area contributed by atoms with E-state index in [1.807, 2.05) is 0 Å². The van der Waals surface area contributed by atoms with E-state index < -0.39 is 0 Å². The van der Waals surface area contributed by atoms with Crippen LogP contribution in [0.3, 0.4) is 0 Å². The molecule has 2 N–H and O–H groups in total. The van der Waals surface area contributed by atoms with E-state index in [2.05, 4.69) is 11.8 Å². The molecule has 2 heteroatoms. The summed E-state index contributed by atoms with van der Waals surface area (Å²) in [6.07, 6.45) is 8.30. The SMILES string of the molecule is CCN(CC1CCC1)CC1CCC(N)C1. The monoisotopic (exact) mass is 210 g/mol. The molecule has 2 rings (SSSR count). The molecule has 2 atom stereocenters. The van der Waals surface area contributed by atoms with Crippen LogP contribution in [0.25, 0.3) is 0 Å². The Morgan fingerprint density at radius 1 is 1.07 bits per heavy atom. The van der Waals surface area contributed by atoms with Crippen LogP contribution in [-0.2, 0) is 0 Å². The van der Waals surface area contributed by atoms with Gasteiger partial charge in [0.1, 0.15) is 0 Å². The van der Waals surface area contributed by atoms with Crippen molar-refractivity contribution in [3.63, 3.8) is 0 Å². The Kier molecular flexibility index (Phi) is 4.04. The van der Waals surface area contributed by atoms with E-state index in [1.54, 1.807) is 0 Å². The highest BCUT2D eigenvalue weighted by Crippen LogP contribution is 2.29. The van der Waals surface area contributed by atoms with E-state index in [-0.39, 0.29) is 0 Å². The van der Waals surface area contributed by atoms with Gasteiger partial charge in [0.15, 0.2) is 0 Å². The van der Waals surface area contributed by atoms with Gasteiger partial charge >= 0.3 is 0 Å². The topological polar surface area (TPSA) is 29.3 Å². The fraction of sp³-hybridized carbons (Fsp3) is 1.00. The first kappa shape index (κ1) is 11.4. The van der Waals surface area contributed by atoms with E-state index in [4.69, 9.17) is 5.73 Å². The van der Waals surface area contributed by atoms with Crippen molar-refractivity contribution in [1.29, 1.82) is 0 Å². The van der Waals surface area contributed by atoms with Crippen LogP contribution in [0.5, 0.6) is 0 Å². The van der Waals surface area contributed by atoms with Gasteiger partial charge in [-0.25, -0.2) is 0 Å². The fourth-order valence-electron chi connectivity index (χ4n) is 3.02. The lowest BCUT2D eigenvalue weighted by Gasteiger charge is -2.33. The summed E-state index contributed by atoms with van der Waals surface area (Å²) in [5.41, 5.74) is 5.96. The Morgan fingerprint density at radius 3 is 2.27 bits per heavy atom. The largest absolute Gasteiger partial charge is 0.328 e. The van der Waals surface area contributed by atoms with Crippen LogP contribution in [-0.4, -0.2) is 30.6 Å². The van der Waals surface area contributed by atoms with Crippen LogP contribution in [0.4, 0.5) is 0 Å². The van der Waals surface area contributed by atoms with Crippen molar-refractivity contribution in [3.05, 3.63) is 0 Å². The number of rotatable bonds is 5. The van der Waals surface area contributed by atoms with Gasteiger partial charge in [-0.1, -0.05) is 13.3 Å². The van der Waals surface area contributed by atoms with Crippen molar-refractivity contribution >= 4 is 0 Å². The highest BCUT2D eigenvalue weighted by Gasteiger charge is 2.25. The van der Waals surface area contributed by atoms with E-state index in [0.29, 0.717) is 6.04 Å². The summed E-state index contributed by atoms with van der Waals surface area (Å²) < 4.78 is 0. The quantitative estimate of drug-likeness (QED) is 0.754. The lowest BCUT2D eigenvalue weighted by atomic mass is 9.85. The molecule has 0 aliphatic heterocycles. The van der Waals surface area contributed by atoms with Crippen molar-refractivity contribution < 1.29 is 0 Å². The smallest absolute Gasteiger partial charge is 0.00420 e. The third kappa shape index (κ3) is 3.18. The van der Waals surface area contributed by atoms with Crippen LogP contribution in [0, 0.1) is 11.8 Å². The maximum absolute atomic E-state index is 5.96. The Balaban J connectivity index is 1.69. The lowest BCUT2D eigenvalue weighted by molar-refractivity contribution is 0.164. The third-order valence-electron chi connectivity index (χ3n) is 4.29. The Labute approximate surface area is 94.2 Å². The zero-order valence-corrected chi connectivity index (χ0v) is 10.1. The molecule has 2 aliphatic carbocycles. The molecule has 0 amide bonds. The molecule has 0 aromatic heterocycles. The molecule has 88 valence electrons. The van der Waals surface area contributed by atoms with Crippen molar-refractivity contribution in [2.45, 2.75) is 51.5 Å². The molecule has 2 unspecified atom stereocenters. The number of nitrogens with two attached hydrogens (primary N) is 1. The minimum Gasteiger partial charge on any atom is -0.328 e. The Morgan fingerprint density at radius 2 is 1.80 bits per heavy atom. The van der Waals surface area contributed by atoms with Gasteiger partial charge in [-0.2, -0.15) is 0 Å². The van der Waals surface area contributed by atoms with E-state index >= 15 is 0 Å². The van der Waals surface area contributed by atoms with E-state index in [0.717, 1.165) is 11.8 Å². The highest BCUT2D eigenvalue weighted by molar-refractivity contribution is 4.81. The molecule has 0 saturated heterocycles. The van der Waals surface area contributed by atoms with Crippen molar-refractivity contribution in [1.82, 2.24) is 4.90 Å². The second kappa shape index (κ2) is 5.31. The van der Waals surface area contributed by atoms with Gasteiger partial charge in [0.05, 0.1) is 0 Å². The molecule has 0 bridgehead atoms. The lowest BCUT2D eigenvalue weighted by Crippen LogP contribution is -2.35. The first-order valence-corrected chi connectivity index (χ1v) is 6.76. The molecule has 15 heavy (non-hydrogen) atoms. The molecule has 0 radical (unpaired) electrons. The van der Waals surface area contributed by atoms with Crippen molar-refractivity contribution in [2.75, 3.05) is 19.6 Å². The minimum atomic E-state index is 0.498. The average Bonchev–Trinajstić information content (AvgIpc) is 2.55. The predicted molar refractivity (Wildman–Crippen MR) is 64.8 cm³/mol. The summed E-state index contributed by atoms with van der Waals surface area (Å²) in [7, 11) is 0. The summed E-state index contributed by atoms with van der Waals surface area (Å²) >= 11 is 0. The van der Waals surface area contributed by atoms with Gasteiger partial charge in [0, 0.05) is 19.1 Å². The first-order chi connectivity index (χ1) is 7.28. The van der Waals surface area contributed by atoms with Crippen LogP contribution in [0.15, 0.2) is 0 Å². The van der Waals surface area contributed by atoms with Gasteiger partial charge in [-0.3, -0.25) is 0 Å². The maximum Gasteiger partial charge on any atom is 0.00420 e. The molecule has 2 aliphatic rings. The van der Waals surface area contributed by atoms with Gasteiger partial charge < -0.3 is 10.6 Å². The van der Waals surface area contributed by atoms with E-state index in [1.165, 1.54) is 58.2 Å². The minimum absolute atomic E-state index is 0.498. The molecule has 2 nitrogen and oxygen atoms in total. The molecule has 0 heterocycles. The van der Waals surface area contributed by atoms with Gasteiger partial charge in [-0.05, 0) is 50.5 Å². The second-order valence-corrected chi connectivity index (χ2v) is 5.59. The average molecular weight is 210 g/mol. The summed E-state index contributed by atoms with van der Waals surface area (Å²) in [5.74, 6) is 1.90. The predicted octanol–water partition coefficient (Wildman–Crippen LogP) is 2.24. The molecular formula is C13H26N2. The zero-order chi connectivity index (χ0) is 10.7. The van der Waals surface area contributed by atoms with Gasteiger partial charge in [-0.15, -0.1) is 0 Å². The summed E-state index contributed by atoms with van der Waals surface area (Å²) in [5, 5.41) is 0. The summed E-state index contributed by atoms with van der Waals surface area (Å²) in [6, 6.07) is 0.498. The zero-order valence-electron chi connectivity index (χ0n) is 10.1. The highest BCUT2D eigenvalue weighted by atomic mass is 15.1. The van der Waals surface area contributed by atoms with Crippen LogP contribution < -0.4 is 5.73 Å². The van der Waals surface area contributed by atoms with Gasteiger partial charge in [0.2, 0.25) is 0 Å². The standard InChI is InChI=1S/C13H26N2/c1-2-15(9-11-4-3-5-11)10-12-6-7-13(14)8-12/h11-13H,2-10,14H2,1H3. The summed E-state index contributed by atoms with van der Waals surface area (Å²) in [6.45, 7) is 6.18. The Hall–Kier alpha value is -0.0800. The molecular weight excluding hydrogens is 184 g/mol. The molecule has 0 aromatic rings. The molecule has 2 fully saturated rings. The maximum atomic E-state index is 5.96. The van der Waals surface area contributed by atoms with Crippen LogP contribution in [0.1, 0.15) is 45.4 Å². The number of hydrogen-bond acceptors (Lipinski definition) is 2. The van der Waals surface area contributed by atoms with Crippen LogP contribution in [0.2, 0.25) is 0 Å². The summed E-state index contributed by atoms with van der Waals surface area (Å²) in [4.78, 5) is 2.66. The van der Waals surface area contributed by atoms with Gasteiger partial charge in [0.25, 0.3) is 0 Å². The fourth-order valence-corrected chi connectivity index (χ4v) is 3.02. The van der Waals surface area contributed by atoms with Crippen molar-refractivity contribution in [2.24, 2.45) is 17.6 Å². The molecule has 2 saturated carbocycles. The van der Waals surface area contributed by atoms with Crippen molar-refractivity contribution in [3.8, 4) is 0 Å². The molecule has 0 spiro atoms. The third-order valence-corrected chi connectivity index (χ3v) is 4.29. The molecule has 0 aromatic carbocycles. The van der Waals surface area contributed by atoms with E-state index in [9.17, 15) is 0 Å². The van der Waals surface area contributed by atoms with Crippen LogP contribution >= 0.6 is 0 Å². The normalized spacial score (nSPS) is 32.2. The number of nitrogens with zero attached hydrogens (tertiary/aromatic N) is 1. The number of hydrogen-bond donors (Lipinski definition) is 1. The second-order valence-electron chi connectivity index (χ2n) is 5.59.